The molecule has 1 aromatic heterocycles. The van der Waals surface area contributed by atoms with Gasteiger partial charge in [-0.25, -0.2) is 0 Å². The van der Waals surface area contributed by atoms with Crippen molar-refractivity contribution >= 4 is 11.6 Å². The molecule has 1 N–H and O–H groups in total. The molecule has 3 aromatic rings. The minimum Gasteiger partial charge on any atom is -0.496 e. The quantitative estimate of drug-likeness (QED) is 0.339. The number of rotatable bonds is 8. The van der Waals surface area contributed by atoms with Crippen LogP contribution in [0.4, 0.5) is 5.69 Å². The van der Waals surface area contributed by atoms with Crippen LogP contribution in [0.15, 0.2) is 34.7 Å². The van der Waals surface area contributed by atoms with Crippen LogP contribution in [0, 0.1) is 6.92 Å². The Balaban J connectivity index is 1.65. The van der Waals surface area contributed by atoms with Gasteiger partial charge in [-0.2, -0.15) is 0 Å². The van der Waals surface area contributed by atoms with Gasteiger partial charge < -0.3 is 33.4 Å². The molecule has 0 spiro atoms. The standard InChI is InChI=1S/C30H37NO7/c1-17-25-19(29(2,3)12-13-30(25,4)5)16-23(36-9)27(17)38-24-11-10-20(37-24)28(32)31-26-21(34-7)14-18(33-6)15-22(26)35-8/h10-11,14-16H,12-13H2,1-9H3,(H,31,32). The lowest BCUT2D eigenvalue weighted by Crippen LogP contribution is -2.34. The molecular formula is C30H37NO7. The Morgan fingerprint density at radius 3 is 2.03 bits per heavy atom. The fraction of sp³-hybridized carbons (Fsp3) is 0.433. The average molecular weight is 524 g/mol. The van der Waals surface area contributed by atoms with E-state index in [4.69, 9.17) is 28.1 Å². The molecule has 0 atom stereocenters. The molecule has 8 heteroatoms. The van der Waals surface area contributed by atoms with Crippen LogP contribution in [0.5, 0.6) is 34.7 Å². The van der Waals surface area contributed by atoms with E-state index in [1.807, 2.05) is 0 Å². The molecule has 4 rings (SSSR count). The number of carbonyl (C=O) groups excluding carboxylic acids is 1. The van der Waals surface area contributed by atoms with Gasteiger partial charge in [-0.15, -0.1) is 0 Å². The normalized spacial score (nSPS) is 15.3. The van der Waals surface area contributed by atoms with Crippen molar-refractivity contribution in [2.75, 3.05) is 33.8 Å². The van der Waals surface area contributed by atoms with E-state index >= 15 is 0 Å². The Kier molecular flexibility index (Phi) is 7.28. The first-order valence-electron chi connectivity index (χ1n) is 12.6. The highest BCUT2D eigenvalue weighted by Crippen LogP contribution is 2.52. The summed E-state index contributed by atoms with van der Waals surface area (Å²) in [5.74, 6) is 2.27. The largest absolute Gasteiger partial charge is 0.496 e. The summed E-state index contributed by atoms with van der Waals surface area (Å²) in [5, 5.41) is 2.80. The van der Waals surface area contributed by atoms with Gasteiger partial charge in [-0.3, -0.25) is 4.79 Å². The molecule has 204 valence electrons. The molecule has 1 aliphatic rings. The van der Waals surface area contributed by atoms with Gasteiger partial charge in [0.25, 0.3) is 11.9 Å². The van der Waals surface area contributed by atoms with Crippen molar-refractivity contribution in [2.24, 2.45) is 0 Å². The fourth-order valence-corrected chi connectivity index (χ4v) is 5.24. The van der Waals surface area contributed by atoms with Crippen molar-refractivity contribution in [3.63, 3.8) is 0 Å². The van der Waals surface area contributed by atoms with Crippen LogP contribution < -0.4 is 29.0 Å². The van der Waals surface area contributed by atoms with E-state index in [1.165, 1.54) is 32.5 Å². The van der Waals surface area contributed by atoms with E-state index in [1.54, 1.807) is 31.4 Å². The van der Waals surface area contributed by atoms with Crippen LogP contribution in [0.25, 0.3) is 0 Å². The molecular weight excluding hydrogens is 486 g/mol. The van der Waals surface area contributed by atoms with E-state index in [0.29, 0.717) is 34.4 Å². The van der Waals surface area contributed by atoms with Gasteiger partial charge in [0, 0.05) is 18.2 Å². The Labute approximate surface area is 224 Å². The first-order chi connectivity index (χ1) is 17.9. The van der Waals surface area contributed by atoms with Crippen molar-refractivity contribution < 1.29 is 32.9 Å². The SMILES string of the molecule is COc1cc(OC)c(NC(=O)c2ccc(Oc3c(OC)cc4c(c3C)C(C)(C)CCC4(C)C)o2)c(OC)c1. The molecule has 1 aliphatic carbocycles. The number of anilines is 1. The van der Waals surface area contributed by atoms with E-state index in [0.717, 1.165) is 18.4 Å². The molecule has 38 heavy (non-hydrogen) atoms. The number of ether oxygens (including phenoxy) is 5. The zero-order chi connectivity index (χ0) is 27.8. The van der Waals surface area contributed by atoms with Crippen molar-refractivity contribution in [3.8, 4) is 34.7 Å². The molecule has 0 unspecified atom stereocenters. The Morgan fingerprint density at radius 1 is 0.842 bits per heavy atom. The van der Waals surface area contributed by atoms with Gasteiger partial charge in [-0.05, 0) is 59.4 Å². The van der Waals surface area contributed by atoms with Gasteiger partial charge in [0.05, 0.1) is 28.4 Å². The van der Waals surface area contributed by atoms with Crippen LogP contribution in [0.3, 0.4) is 0 Å². The maximum atomic E-state index is 13.1. The number of hydrogen-bond acceptors (Lipinski definition) is 7. The monoisotopic (exact) mass is 523 g/mol. The first kappa shape index (κ1) is 27.2. The topological polar surface area (TPSA) is 88.4 Å². The van der Waals surface area contributed by atoms with Crippen molar-refractivity contribution in [1.29, 1.82) is 0 Å². The zero-order valence-corrected chi connectivity index (χ0v) is 23.7. The lowest BCUT2D eigenvalue weighted by molar-refractivity contribution is 0.0991. The average Bonchev–Trinajstić information content (AvgIpc) is 3.36. The van der Waals surface area contributed by atoms with Gasteiger partial charge in [0.1, 0.15) is 22.9 Å². The summed E-state index contributed by atoms with van der Waals surface area (Å²) in [5.41, 5.74) is 3.93. The van der Waals surface area contributed by atoms with Crippen molar-refractivity contribution in [3.05, 3.63) is 52.8 Å². The summed E-state index contributed by atoms with van der Waals surface area (Å²) >= 11 is 0. The molecule has 8 nitrogen and oxygen atoms in total. The van der Waals surface area contributed by atoms with E-state index in [-0.39, 0.29) is 22.5 Å². The summed E-state index contributed by atoms with van der Waals surface area (Å²) in [6.45, 7) is 11.1. The lowest BCUT2D eigenvalue weighted by atomic mass is 9.62. The number of furan rings is 1. The van der Waals surface area contributed by atoms with Gasteiger partial charge in [0.2, 0.25) is 0 Å². The maximum absolute atomic E-state index is 13.1. The predicted octanol–water partition coefficient (Wildman–Crippen LogP) is 7.02. The van der Waals surface area contributed by atoms with E-state index in [9.17, 15) is 4.79 Å². The summed E-state index contributed by atoms with van der Waals surface area (Å²) in [7, 11) is 6.17. The number of benzene rings is 2. The minimum atomic E-state index is -0.487. The Bertz CT molecular complexity index is 1330. The summed E-state index contributed by atoms with van der Waals surface area (Å²) < 4.78 is 33.9. The molecule has 0 bridgehead atoms. The third kappa shape index (κ3) is 4.87. The van der Waals surface area contributed by atoms with Gasteiger partial charge in [0.15, 0.2) is 17.3 Å². The highest BCUT2D eigenvalue weighted by atomic mass is 16.6. The molecule has 2 aromatic carbocycles. The fourth-order valence-electron chi connectivity index (χ4n) is 5.24. The van der Waals surface area contributed by atoms with Crippen LogP contribution in [0.2, 0.25) is 0 Å². The van der Waals surface area contributed by atoms with E-state index in [2.05, 4.69) is 46.0 Å². The summed E-state index contributed by atoms with van der Waals surface area (Å²) in [6.07, 6.45) is 2.17. The third-order valence-corrected chi connectivity index (χ3v) is 7.45. The van der Waals surface area contributed by atoms with Gasteiger partial charge >= 0.3 is 0 Å². The predicted molar refractivity (Wildman–Crippen MR) is 146 cm³/mol. The van der Waals surface area contributed by atoms with Gasteiger partial charge in [-0.1, -0.05) is 27.7 Å². The second-order valence-electron chi connectivity index (χ2n) is 10.8. The third-order valence-electron chi connectivity index (χ3n) is 7.45. The smallest absolute Gasteiger partial charge is 0.291 e. The highest BCUT2D eigenvalue weighted by molar-refractivity contribution is 6.04. The minimum absolute atomic E-state index is 0.00992. The molecule has 0 aliphatic heterocycles. The van der Waals surface area contributed by atoms with Crippen molar-refractivity contribution in [2.45, 2.75) is 58.3 Å². The number of carbonyl (C=O) groups is 1. The maximum Gasteiger partial charge on any atom is 0.291 e. The molecule has 0 saturated heterocycles. The van der Waals surface area contributed by atoms with Crippen LogP contribution >= 0.6 is 0 Å². The number of amides is 1. The number of methoxy groups -OCH3 is 4. The number of fused-ring (bicyclic) bond motifs is 1. The molecule has 0 fully saturated rings. The lowest BCUT2D eigenvalue weighted by Gasteiger charge is -2.43. The van der Waals surface area contributed by atoms with Crippen LogP contribution in [0.1, 0.15) is 67.8 Å². The highest BCUT2D eigenvalue weighted by Gasteiger charge is 2.40. The second kappa shape index (κ2) is 10.2. The molecule has 1 heterocycles. The summed E-state index contributed by atoms with van der Waals surface area (Å²) in [4.78, 5) is 13.1. The van der Waals surface area contributed by atoms with Crippen LogP contribution in [-0.2, 0) is 10.8 Å². The van der Waals surface area contributed by atoms with Crippen molar-refractivity contribution in [1.82, 2.24) is 0 Å². The second-order valence-corrected chi connectivity index (χ2v) is 10.8. The van der Waals surface area contributed by atoms with Crippen LogP contribution in [-0.4, -0.2) is 34.3 Å². The molecule has 0 saturated carbocycles. The summed E-state index contributed by atoms with van der Waals surface area (Å²) in [6, 6.07) is 8.56. The van der Waals surface area contributed by atoms with E-state index < -0.39 is 5.91 Å². The molecule has 1 amide bonds. The number of nitrogens with one attached hydrogen (secondary N) is 1. The molecule has 0 radical (unpaired) electrons. The first-order valence-corrected chi connectivity index (χ1v) is 12.6. The zero-order valence-electron chi connectivity index (χ0n) is 23.7. The Morgan fingerprint density at radius 2 is 1.45 bits per heavy atom. The Hall–Kier alpha value is -3.81. The number of hydrogen-bond donors (Lipinski definition) is 1.